The van der Waals surface area contributed by atoms with Gasteiger partial charge in [0.15, 0.2) is 0 Å². The van der Waals surface area contributed by atoms with E-state index in [4.69, 9.17) is 5.11 Å². The molecule has 36 heavy (non-hydrogen) atoms. The minimum atomic E-state index is -0.947. The molecule has 0 spiro atoms. The van der Waals surface area contributed by atoms with Crippen LogP contribution in [0.1, 0.15) is 48.8 Å². The van der Waals surface area contributed by atoms with Gasteiger partial charge < -0.3 is 15.7 Å². The fraction of sp³-hybridized carbons (Fsp3) is 0.333. The van der Waals surface area contributed by atoms with Gasteiger partial charge in [-0.15, -0.1) is 0 Å². The summed E-state index contributed by atoms with van der Waals surface area (Å²) in [5.41, 5.74) is 3.19. The van der Waals surface area contributed by atoms with E-state index in [2.05, 4.69) is 107 Å². The fourth-order valence-electron chi connectivity index (χ4n) is 4.40. The number of nitrogens with one attached hydrogen (secondary N) is 3. The SMILES string of the molecule is O=C(O)CCC(=O)NCCCCNCCCNC(c1ccccc1)(c1ccccc1)c1ccccc1. The van der Waals surface area contributed by atoms with Gasteiger partial charge in [-0.05, 0) is 55.6 Å². The first-order chi connectivity index (χ1) is 17.6. The van der Waals surface area contributed by atoms with Crippen LogP contribution in [-0.4, -0.2) is 43.2 Å². The Hall–Kier alpha value is -3.48. The van der Waals surface area contributed by atoms with Crippen LogP contribution >= 0.6 is 0 Å². The molecule has 3 aromatic rings. The van der Waals surface area contributed by atoms with E-state index >= 15 is 0 Å². The Balaban J connectivity index is 1.50. The molecule has 0 heterocycles. The molecule has 6 heteroatoms. The third-order valence-corrected chi connectivity index (χ3v) is 6.21. The highest BCUT2D eigenvalue weighted by atomic mass is 16.4. The molecule has 0 atom stereocenters. The van der Waals surface area contributed by atoms with Gasteiger partial charge in [0.1, 0.15) is 0 Å². The lowest BCUT2D eigenvalue weighted by atomic mass is 9.77. The molecule has 0 aliphatic rings. The predicted octanol–water partition coefficient (Wildman–Crippen LogP) is 4.31. The van der Waals surface area contributed by atoms with Gasteiger partial charge in [0, 0.05) is 13.0 Å². The van der Waals surface area contributed by atoms with Gasteiger partial charge in [-0.1, -0.05) is 91.0 Å². The van der Waals surface area contributed by atoms with Crippen LogP contribution in [-0.2, 0) is 15.1 Å². The second-order valence-electron chi connectivity index (χ2n) is 8.83. The van der Waals surface area contributed by atoms with Crippen LogP contribution in [0.4, 0.5) is 0 Å². The number of aliphatic carboxylic acids is 1. The lowest BCUT2D eigenvalue weighted by molar-refractivity contribution is -0.138. The van der Waals surface area contributed by atoms with Crippen LogP contribution < -0.4 is 16.0 Å². The topological polar surface area (TPSA) is 90.5 Å². The molecule has 0 saturated carbocycles. The first kappa shape index (κ1) is 27.1. The summed E-state index contributed by atoms with van der Waals surface area (Å²) in [5, 5.41) is 18.8. The number of carboxylic acid groups (broad SMARTS) is 1. The highest BCUT2D eigenvalue weighted by molar-refractivity contribution is 5.80. The van der Waals surface area contributed by atoms with E-state index in [1.165, 1.54) is 16.7 Å². The molecule has 0 aliphatic carbocycles. The monoisotopic (exact) mass is 487 g/mol. The van der Waals surface area contributed by atoms with E-state index < -0.39 is 11.5 Å². The summed E-state index contributed by atoms with van der Waals surface area (Å²) < 4.78 is 0. The Morgan fingerprint density at radius 3 is 1.58 bits per heavy atom. The molecular formula is C30H37N3O3. The zero-order chi connectivity index (χ0) is 25.5. The molecule has 190 valence electrons. The second kappa shape index (κ2) is 14.8. The summed E-state index contributed by atoms with van der Waals surface area (Å²) in [6.07, 6.45) is 2.70. The van der Waals surface area contributed by atoms with Crippen molar-refractivity contribution in [3.8, 4) is 0 Å². The maximum Gasteiger partial charge on any atom is 0.303 e. The summed E-state index contributed by atoms with van der Waals surface area (Å²) in [4.78, 5) is 22.1. The van der Waals surface area contributed by atoms with Crippen molar-refractivity contribution in [3.05, 3.63) is 108 Å². The maximum atomic E-state index is 11.5. The molecule has 0 bridgehead atoms. The van der Waals surface area contributed by atoms with Gasteiger partial charge in [-0.2, -0.15) is 0 Å². The Morgan fingerprint density at radius 1 is 0.611 bits per heavy atom. The summed E-state index contributed by atoms with van der Waals surface area (Å²) in [6, 6.07) is 31.8. The van der Waals surface area contributed by atoms with Crippen molar-refractivity contribution in [1.29, 1.82) is 0 Å². The minimum Gasteiger partial charge on any atom is -0.481 e. The van der Waals surface area contributed by atoms with Gasteiger partial charge in [0.25, 0.3) is 0 Å². The van der Waals surface area contributed by atoms with Gasteiger partial charge >= 0.3 is 5.97 Å². The molecule has 0 saturated heterocycles. The highest BCUT2D eigenvalue weighted by Gasteiger charge is 2.35. The summed E-state index contributed by atoms with van der Waals surface area (Å²) in [7, 11) is 0. The van der Waals surface area contributed by atoms with Crippen LogP contribution in [0.2, 0.25) is 0 Å². The number of carbonyl (C=O) groups is 2. The standard InChI is InChI=1S/C30H37N3O3/c34-28(19-20-29(35)36)32-23-11-10-21-31-22-12-24-33-30(25-13-4-1-5-14-25,26-15-6-2-7-16-26)27-17-8-3-9-18-27/h1-9,13-18,31,33H,10-12,19-24H2,(H,32,34)(H,35,36). The quantitative estimate of drug-likeness (QED) is 0.179. The maximum absolute atomic E-state index is 11.5. The van der Waals surface area contributed by atoms with E-state index in [-0.39, 0.29) is 18.7 Å². The number of benzene rings is 3. The van der Waals surface area contributed by atoms with Crippen LogP contribution in [0, 0.1) is 0 Å². The van der Waals surface area contributed by atoms with Crippen LogP contribution in [0.5, 0.6) is 0 Å². The van der Waals surface area contributed by atoms with Crippen molar-refractivity contribution in [2.75, 3.05) is 26.2 Å². The summed E-state index contributed by atoms with van der Waals surface area (Å²) in [6.45, 7) is 3.19. The van der Waals surface area contributed by atoms with Crippen LogP contribution in [0.3, 0.4) is 0 Å². The fourth-order valence-corrected chi connectivity index (χ4v) is 4.40. The average Bonchev–Trinajstić information content (AvgIpc) is 2.92. The van der Waals surface area contributed by atoms with Crippen molar-refractivity contribution in [2.24, 2.45) is 0 Å². The molecule has 0 fully saturated rings. The van der Waals surface area contributed by atoms with E-state index in [1.54, 1.807) is 0 Å². The molecule has 0 radical (unpaired) electrons. The lowest BCUT2D eigenvalue weighted by Gasteiger charge is -2.37. The largest absolute Gasteiger partial charge is 0.481 e. The first-order valence-corrected chi connectivity index (χ1v) is 12.7. The van der Waals surface area contributed by atoms with E-state index in [0.29, 0.717) is 6.54 Å². The minimum absolute atomic E-state index is 0.0387. The van der Waals surface area contributed by atoms with Crippen molar-refractivity contribution >= 4 is 11.9 Å². The number of hydrogen-bond donors (Lipinski definition) is 4. The van der Waals surface area contributed by atoms with E-state index in [9.17, 15) is 9.59 Å². The number of rotatable bonds is 16. The average molecular weight is 488 g/mol. The molecule has 3 aromatic carbocycles. The van der Waals surface area contributed by atoms with E-state index in [1.807, 2.05) is 0 Å². The molecule has 1 amide bonds. The second-order valence-corrected chi connectivity index (χ2v) is 8.83. The van der Waals surface area contributed by atoms with Crippen molar-refractivity contribution in [2.45, 2.75) is 37.6 Å². The van der Waals surface area contributed by atoms with Crippen LogP contribution in [0.25, 0.3) is 0 Å². The van der Waals surface area contributed by atoms with Gasteiger partial charge in [0.05, 0.1) is 12.0 Å². The number of hydrogen-bond acceptors (Lipinski definition) is 4. The molecule has 4 N–H and O–H groups in total. The number of unbranched alkanes of at least 4 members (excludes halogenated alkanes) is 1. The van der Waals surface area contributed by atoms with Gasteiger partial charge in [-0.3, -0.25) is 14.9 Å². The smallest absolute Gasteiger partial charge is 0.303 e. The number of carboxylic acids is 1. The summed E-state index contributed by atoms with van der Waals surface area (Å²) in [5.74, 6) is -1.15. The third-order valence-electron chi connectivity index (χ3n) is 6.21. The van der Waals surface area contributed by atoms with Gasteiger partial charge in [0.2, 0.25) is 5.91 Å². The normalized spacial score (nSPS) is 11.2. The third kappa shape index (κ3) is 8.04. The lowest BCUT2D eigenvalue weighted by Crippen LogP contribution is -2.45. The van der Waals surface area contributed by atoms with Gasteiger partial charge in [-0.25, -0.2) is 0 Å². The number of carbonyl (C=O) groups excluding carboxylic acids is 1. The Kier molecular flexibility index (Phi) is 11.2. The molecule has 6 nitrogen and oxygen atoms in total. The van der Waals surface area contributed by atoms with E-state index in [0.717, 1.165) is 38.9 Å². The highest BCUT2D eigenvalue weighted by Crippen LogP contribution is 2.36. The Bertz CT molecular complexity index is 946. The number of amides is 1. The molecule has 3 rings (SSSR count). The first-order valence-electron chi connectivity index (χ1n) is 12.7. The van der Waals surface area contributed by atoms with Crippen LogP contribution in [0.15, 0.2) is 91.0 Å². The Morgan fingerprint density at radius 2 is 1.08 bits per heavy atom. The molecular weight excluding hydrogens is 450 g/mol. The predicted molar refractivity (Wildman–Crippen MR) is 144 cm³/mol. The zero-order valence-corrected chi connectivity index (χ0v) is 20.8. The molecule has 0 unspecified atom stereocenters. The molecule has 0 aliphatic heterocycles. The van der Waals surface area contributed by atoms with Crippen molar-refractivity contribution in [3.63, 3.8) is 0 Å². The Labute approximate surface area is 214 Å². The van der Waals surface area contributed by atoms with Crippen molar-refractivity contribution in [1.82, 2.24) is 16.0 Å². The zero-order valence-electron chi connectivity index (χ0n) is 20.8. The molecule has 0 aromatic heterocycles. The van der Waals surface area contributed by atoms with Crippen molar-refractivity contribution < 1.29 is 14.7 Å². The summed E-state index contributed by atoms with van der Waals surface area (Å²) >= 11 is 0.